The van der Waals surface area contributed by atoms with Crippen LogP contribution in [-0.4, -0.2) is 34.0 Å². The van der Waals surface area contributed by atoms with E-state index in [1.165, 1.54) is 0 Å². The fourth-order valence-corrected chi connectivity index (χ4v) is 3.51. The van der Waals surface area contributed by atoms with Crippen LogP contribution in [0, 0.1) is 13.8 Å². The van der Waals surface area contributed by atoms with E-state index >= 15 is 0 Å². The van der Waals surface area contributed by atoms with Crippen LogP contribution in [0.1, 0.15) is 60.0 Å². The van der Waals surface area contributed by atoms with Crippen LogP contribution in [0.2, 0.25) is 0 Å². The van der Waals surface area contributed by atoms with Crippen LogP contribution in [0.5, 0.6) is 0 Å². The van der Waals surface area contributed by atoms with E-state index in [-0.39, 0.29) is 18.6 Å². The van der Waals surface area contributed by atoms with Gasteiger partial charge in [0.15, 0.2) is 6.61 Å². The molecule has 1 aliphatic rings. The maximum Gasteiger partial charge on any atom is 0.340 e. The first-order valence-corrected chi connectivity index (χ1v) is 9.57. The molecule has 1 heterocycles. The first-order valence-electron chi connectivity index (χ1n) is 9.57. The molecule has 1 aliphatic carbocycles. The van der Waals surface area contributed by atoms with Crippen LogP contribution in [0.15, 0.2) is 36.4 Å². The van der Waals surface area contributed by atoms with Crippen LogP contribution in [0.25, 0.3) is 0 Å². The summed E-state index contributed by atoms with van der Waals surface area (Å²) in [5.41, 5.74) is 3.61. The summed E-state index contributed by atoms with van der Waals surface area (Å²) < 4.78 is 7.57. The van der Waals surface area contributed by atoms with Gasteiger partial charge in [0.05, 0.1) is 5.56 Å². The predicted molar refractivity (Wildman–Crippen MR) is 105 cm³/mol. The molecule has 0 spiro atoms. The molecule has 0 saturated heterocycles. The highest BCUT2D eigenvalue weighted by atomic mass is 16.5. The fraction of sp³-hybridized carbons (Fsp3) is 0.455. The van der Waals surface area contributed by atoms with E-state index in [0.29, 0.717) is 18.2 Å². The molecule has 144 valence electrons. The lowest BCUT2D eigenvalue weighted by Gasteiger charge is -2.26. The molecule has 0 N–H and O–H groups in total. The van der Waals surface area contributed by atoms with Gasteiger partial charge in [-0.2, -0.15) is 0 Å². The maximum atomic E-state index is 12.6. The lowest BCUT2D eigenvalue weighted by Crippen LogP contribution is -2.39. The molecule has 1 fully saturated rings. The number of aromatic nitrogens is 1. The highest BCUT2D eigenvalue weighted by molar-refractivity contribution is 5.92. The van der Waals surface area contributed by atoms with Gasteiger partial charge in [-0.25, -0.2) is 4.79 Å². The van der Waals surface area contributed by atoms with Gasteiger partial charge in [-0.15, -0.1) is 0 Å². The van der Waals surface area contributed by atoms with Gasteiger partial charge < -0.3 is 14.2 Å². The smallest absolute Gasteiger partial charge is 0.340 e. The number of benzene rings is 1. The molecule has 27 heavy (non-hydrogen) atoms. The van der Waals surface area contributed by atoms with Gasteiger partial charge in [-0.3, -0.25) is 4.79 Å². The van der Waals surface area contributed by atoms with E-state index in [2.05, 4.69) is 4.57 Å². The van der Waals surface area contributed by atoms with E-state index in [4.69, 9.17) is 4.74 Å². The van der Waals surface area contributed by atoms with Gasteiger partial charge in [0.1, 0.15) is 0 Å². The van der Waals surface area contributed by atoms with E-state index in [9.17, 15) is 9.59 Å². The summed E-state index contributed by atoms with van der Waals surface area (Å²) >= 11 is 0. The average Bonchev–Trinajstić information content (AvgIpc) is 3.42. The summed E-state index contributed by atoms with van der Waals surface area (Å²) in [6, 6.07) is 12.2. The molecule has 1 aromatic carbocycles. The lowest BCUT2D eigenvalue weighted by atomic mass is 10.2. The quantitative estimate of drug-likeness (QED) is 0.693. The molecule has 1 amide bonds. The topological polar surface area (TPSA) is 51.5 Å². The number of ether oxygens (including phenoxy) is 1. The maximum absolute atomic E-state index is 12.6. The number of carbonyl (C=O) groups excluding carboxylic acids is 2. The van der Waals surface area contributed by atoms with E-state index < -0.39 is 5.97 Å². The molecule has 0 radical (unpaired) electrons. The zero-order valence-corrected chi connectivity index (χ0v) is 16.6. The molecule has 0 atom stereocenters. The zero-order chi connectivity index (χ0) is 19.6. The van der Waals surface area contributed by atoms with Crippen molar-refractivity contribution in [2.24, 2.45) is 0 Å². The highest BCUT2D eigenvalue weighted by Gasteiger charge is 2.29. The van der Waals surface area contributed by atoms with Crippen molar-refractivity contribution < 1.29 is 14.3 Å². The average molecular weight is 368 g/mol. The summed E-state index contributed by atoms with van der Waals surface area (Å²) in [5.74, 6) is -0.607. The highest BCUT2D eigenvalue weighted by Crippen LogP contribution is 2.38. The molecule has 0 bridgehead atoms. The summed E-state index contributed by atoms with van der Waals surface area (Å²) in [6.45, 7) is 8.15. The molecule has 1 aromatic heterocycles. The van der Waals surface area contributed by atoms with Gasteiger partial charge >= 0.3 is 5.97 Å². The number of hydrogen-bond donors (Lipinski definition) is 0. The fourth-order valence-electron chi connectivity index (χ4n) is 3.51. The van der Waals surface area contributed by atoms with Crippen LogP contribution >= 0.6 is 0 Å². The molecule has 3 rings (SSSR count). The van der Waals surface area contributed by atoms with Crippen LogP contribution in [0.4, 0.5) is 0 Å². The molecule has 1 saturated carbocycles. The Kier molecular flexibility index (Phi) is 5.68. The molecular weight excluding hydrogens is 340 g/mol. The van der Waals surface area contributed by atoms with Gasteiger partial charge in [-0.05, 0) is 52.2 Å². The molecule has 0 aliphatic heterocycles. The Morgan fingerprint density at radius 3 is 2.44 bits per heavy atom. The summed E-state index contributed by atoms with van der Waals surface area (Å²) in [5, 5.41) is 0. The Hall–Kier alpha value is -2.56. The molecular formula is C22H28N2O3. The van der Waals surface area contributed by atoms with E-state index in [0.717, 1.165) is 29.8 Å². The Balaban J connectivity index is 1.63. The number of carbonyl (C=O) groups is 2. The predicted octanol–water partition coefficient (Wildman–Crippen LogP) is 4.03. The Morgan fingerprint density at radius 1 is 1.19 bits per heavy atom. The van der Waals surface area contributed by atoms with E-state index in [1.807, 2.05) is 64.1 Å². The number of rotatable bonds is 7. The molecule has 2 aromatic rings. The number of hydrogen-bond acceptors (Lipinski definition) is 3. The van der Waals surface area contributed by atoms with Crippen LogP contribution in [0.3, 0.4) is 0 Å². The van der Waals surface area contributed by atoms with Crippen molar-refractivity contribution in [2.75, 3.05) is 6.61 Å². The zero-order valence-electron chi connectivity index (χ0n) is 16.6. The van der Waals surface area contributed by atoms with Crippen molar-refractivity contribution in [3.63, 3.8) is 0 Å². The van der Waals surface area contributed by atoms with Crippen molar-refractivity contribution in [1.29, 1.82) is 0 Å². The third-order valence-corrected chi connectivity index (χ3v) is 5.08. The molecule has 0 unspecified atom stereocenters. The number of nitrogens with zero attached hydrogens (tertiary/aromatic N) is 2. The summed E-state index contributed by atoms with van der Waals surface area (Å²) in [6.07, 6.45) is 2.32. The monoisotopic (exact) mass is 368 g/mol. The molecule has 5 nitrogen and oxygen atoms in total. The first kappa shape index (κ1) is 19.2. The molecule has 5 heteroatoms. The normalized spacial score (nSPS) is 13.7. The van der Waals surface area contributed by atoms with Crippen molar-refractivity contribution in [3.05, 3.63) is 58.9 Å². The Bertz CT molecular complexity index is 820. The largest absolute Gasteiger partial charge is 0.452 e. The van der Waals surface area contributed by atoms with Gasteiger partial charge in [0.25, 0.3) is 5.91 Å². The first-order chi connectivity index (χ1) is 12.9. The second-order valence-electron chi connectivity index (χ2n) is 7.56. The van der Waals surface area contributed by atoms with Gasteiger partial charge in [0.2, 0.25) is 0 Å². The van der Waals surface area contributed by atoms with Gasteiger partial charge in [-0.1, -0.05) is 30.3 Å². The third kappa shape index (κ3) is 4.41. The van der Waals surface area contributed by atoms with Crippen molar-refractivity contribution in [2.45, 2.75) is 59.2 Å². The second-order valence-corrected chi connectivity index (χ2v) is 7.56. The minimum atomic E-state index is -0.424. The van der Waals surface area contributed by atoms with E-state index in [1.54, 1.807) is 4.90 Å². The number of esters is 1. The van der Waals surface area contributed by atoms with Crippen molar-refractivity contribution in [3.8, 4) is 0 Å². The van der Waals surface area contributed by atoms with Gasteiger partial charge in [0, 0.05) is 30.0 Å². The summed E-state index contributed by atoms with van der Waals surface area (Å²) in [7, 11) is 0. The minimum absolute atomic E-state index is 0.0244. The van der Waals surface area contributed by atoms with Crippen LogP contribution < -0.4 is 0 Å². The number of amides is 1. The second kappa shape index (κ2) is 7.99. The minimum Gasteiger partial charge on any atom is -0.452 e. The lowest BCUT2D eigenvalue weighted by molar-refractivity contribution is -0.136. The standard InChI is InChI=1S/C22H28N2O3/c1-15(2)23(13-18-8-6-5-7-9-18)21(25)14-27-22(26)20-12-16(3)24(17(20)4)19-10-11-19/h5-9,12,15,19H,10-11,13-14H2,1-4H3. The van der Waals surface area contributed by atoms with Crippen molar-refractivity contribution in [1.82, 2.24) is 9.47 Å². The summed E-state index contributed by atoms with van der Waals surface area (Å²) in [4.78, 5) is 26.9. The van der Waals surface area contributed by atoms with Crippen molar-refractivity contribution >= 4 is 11.9 Å². The number of aryl methyl sites for hydroxylation is 1. The SMILES string of the molecule is Cc1cc(C(=O)OCC(=O)N(Cc2ccccc2)C(C)C)c(C)n1C1CC1. The Morgan fingerprint density at radius 2 is 1.85 bits per heavy atom. The van der Waals surface area contributed by atoms with Crippen LogP contribution in [-0.2, 0) is 16.1 Å². The Labute approximate surface area is 160 Å². The third-order valence-electron chi connectivity index (χ3n) is 5.08.